The van der Waals surface area contributed by atoms with Gasteiger partial charge in [-0.15, -0.1) is 0 Å². The summed E-state index contributed by atoms with van der Waals surface area (Å²) in [4.78, 5) is 13.3. The molecule has 21 heavy (non-hydrogen) atoms. The van der Waals surface area contributed by atoms with E-state index in [9.17, 15) is 10.1 Å². The molecule has 1 aromatic rings. The predicted molar refractivity (Wildman–Crippen MR) is 89.1 cm³/mol. The molecule has 1 aliphatic rings. The average Bonchev–Trinajstić information content (AvgIpc) is 2.39. The fourth-order valence-electron chi connectivity index (χ4n) is 2.91. The molecule has 5 nitrogen and oxygen atoms in total. The summed E-state index contributed by atoms with van der Waals surface area (Å²) in [5, 5.41) is 15.6. The van der Waals surface area contributed by atoms with Crippen molar-refractivity contribution >= 4 is 23.1 Å². The molecule has 1 N–H and O–H groups in total. The van der Waals surface area contributed by atoms with E-state index in [0.29, 0.717) is 22.7 Å². The third kappa shape index (κ3) is 4.11. The SMILES string of the molecule is CCNc1c(CN2CC(C)SC(C)C2)cccc1[N+](=O)[O-]. The molecular formula is C15H23N3O2S. The van der Waals surface area contributed by atoms with Crippen LogP contribution >= 0.6 is 11.8 Å². The molecular weight excluding hydrogens is 286 g/mol. The third-order valence-corrected chi connectivity index (χ3v) is 4.80. The van der Waals surface area contributed by atoms with Crippen molar-refractivity contribution in [2.24, 2.45) is 0 Å². The maximum Gasteiger partial charge on any atom is 0.292 e. The molecule has 1 fully saturated rings. The largest absolute Gasteiger partial charge is 0.380 e. The van der Waals surface area contributed by atoms with Gasteiger partial charge in [0.1, 0.15) is 5.69 Å². The Kier molecular flexibility index (Phi) is 5.47. The lowest BCUT2D eigenvalue weighted by atomic mass is 10.1. The van der Waals surface area contributed by atoms with Crippen molar-refractivity contribution in [2.75, 3.05) is 25.0 Å². The molecule has 0 amide bonds. The number of thioether (sulfide) groups is 1. The van der Waals surface area contributed by atoms with Crippen LogP contribution < -0.4 is 5.32 Å². The Morgan fingerprint density at radius 3 is 2.62 bits per heavy atom. The monoisotopic (exact) mass is 309 g/mol. The second kappa shape index (κ2) is 7.13. The summed E-state index contributed by atoms with van der Waals surface area (Å²) < 4.78 is 0. The van der Waals surface area contributed by atoms with Crippen molar-refractivity contribution in [3.63, 3.8) is 0 Å². The number of nitro groups is 1. The van der Waals surface area contributed by atoms with E-state index in [1.54, 1.807) is 12.1 Å². The third-order valence-electron chi connectivity index (χ3n) is 3.57. The summed E-state index contributed by atoms with van der Waals surface area (Å²) in [6.45, 7) is 9.95. The zero-order valence-corrected chi connectivity index (χ0v) is 13.7. The zero-order valence-electron chi connectivity index (χ0n) is 12.8. The van der Waals surface area contributed by atoms with E-state index < -0.39 is 0 Å². The summed E-state index contributed by atoms with van der Waals surface area (Å²) >= 11 is 2.01. The number of nitrogens with one attached hydrogen (secondary N) is 1. The maximum absolute atomic E-state index is 11.2. The van der Waals surface area contributed by atoms with Gasteiger partial charge in [-0.1, -0.05) is 26.0 Å². The number of nitrogens with zero attached hydrogens (tertiary/aromatic N) is 2. The zero-order chi connectivity index (χ0) is 15.4. The van der Waals surface area contributed by atoms with E-state index in [-0.39, 0.29) is 10.6 Å². The topological polar surface area (TPSA) is 58.4 Å². The molecule has 0 saturated carbocycles. The quantitative estimate of drug-likeness (QED) is 0.667. The Hall–Kier alpha value is -1.27. The summed E-state index contributed by atoms with van der Waals surface area (Å²) in [6.07, 6.45) is 0. The van der Waals surface area contributed by atoms with Gasteiger partial charge in [-0.05, 0) is 12.5 Å². The van der Waals surface area contributed by atoms with Gasteiger partial charge in [0.15, 0.2) is 0 Å². The Morgan fingerprint density at radius 2 is 2.05 bits per heavy atom. The van der Waals surface area contributed by atoms with E-state index in [2.05, 4.69) is 24.1 Å². The van der Waals surface area contributed by atoms with Crippen molar-refractivity contribution < 1.29 is 4.92 Å². The van der Waals surface area contributed by atoms with Crippen LogP contribution in [-0.2, 0) is 6.54 Å². The van der Waals surface area contributed by atoms with Gasteiger partial charge in [0.05, 0.1) is 4.92 Å². The first-order valence-electron chi connectivity index (χ1n) is 7.39. The molecule has 6 heteroatoms. The van der Waals surface area contributed by atoms with Crippen molar-refractivity contribution in [1.29, 1.82) is 0 Å². The van der Waals surface area contributed by atoms with Crippen molar-refractivity contribution in [2.45, 2.75) is 37.8 Å². The van der Waals surface area contributed by atoms with Crippen LogP contribution in [0.1, 0.15) is 26.3 Å². The molecule has 1 aromatic carbocycles. The molecule has 0 radical (unpaired) electrons. The number of rotatable bonds is 5. The van der Waals surface area contributed by atoms with E-state index in [1.807, 2.05) is 24.8 Å². The Labute approximate surface area is 130 Å². The van der Waals surface area contributed by atoms with Gasteiger partial charge in [0.25, 0.3) is 5.69 Å². The molecule has 1 saturated heterocycles. The highest BCUT2D eigenvalue weighted by atomic mass is 32.2. The number of hydrogen-bond donors (Lipinski definition) is 1. The second-order valence-electron chi connectivity index (χ2n) is 5.55. The minimum Gasteiger partial charge on any atom is -0.380 e. The van der Waals surface area contributed by atoms with Crippen LogP contribution in [0.3, 0.4) is 0 Å². The first kappa shape index (κ1) is 16.1. The van der Waals surface area contributed by atoms with Crippen LogP contribution in [0.25, 0.3) is 0 Å². The van der Waals surface area contributed by atoms with E-state index in [0.717, 1.165) is 25.2 Å². The normalized spacial score (nSPS) is 23.0. The van der Waals surface area contributed by atoms with Gasteiger partial charge >= 0.3 is 0 Å². The van der Waals surface area contributed by atoms with Gasteiger partial charge in [-0.2, -0.15) is 11.8 Å². The molecule has 1 aliphatic heterocycles. The van der Waals surface area contributed by atoms with Crippen molar-refractivity contribution in [1.82, 2.24) is 4.90 Å². The van der Waals surface area contributed by atoms with E-state index in [1.165, 1.54) is 0 Å². The summed E-state index contributed by atoms with van der Waals surface area (Å²) in [5.74, 6) is 0. The number of anilines is 1. The van der Waals surface area contributed by atoms with Gasteiger partial charge in [-0.25, -0.2) is 0 Å². The molecule has 0 aliphatic carbocycles. The molecule has 0 spiro atoms. The Morgan fingerprint density at radius 1 is 1.38 bits per heavy atom. The van der Waals surface area contributed by atoms with Crippen molar-refractivity contribution in [3.05, 3.63) is 33.9 Å². The Balaban J connectivity index is 2.22. The molecule has 116 valence electrons. The molecule has 2 unspecified atom stereocenters. The maximum atomic E-state index is 11.2. The Bertz CT molecular complexity index is 500. The lowest BCUT2D eigenvalue weighted by Crippen LogP contribution is -2.39. The van der Waals surface area contributed by atoms with Gasteiger partial charge in [-0.3, -0.25) is 15.0 Å². The standard InChI is InChI=1S/C15H23N3O2S/c1-4-16-15-13(6-5-7-14(15)18(19)20)10-17-8-11(2)21-12(3)9-17/h5-7,11-12,16H,4,8-10H2,1-3H3. The average molecular weight is 309 g/mol. The van der Waals surface area contributed by atoms with E-state index in [4.69, 9.17) is 0 Å². The molecule has 0 bridgehead atoms. The van der Waals surface area contributed by atoms with Crippen LogP contribution in [-0.4, -0.2) is 40.0 Å². The smallest absolute Gasteiger partial charge is 0.292 e. The van der Waals surface area contributed by atoms with Crippen molar-refractivity contribution in [3.8, 4) is 0 Å². The fraction of sp³-hybridized carbons (Fsp3) is 0.600. The highest BCUT2D eigenvalue weighted by molar-refractivity contribution is 8.00. The van der Waals surface area contributed by atoms with E-state index >= 15 is 0 Å². The van der Waals surface area contributed by atoms with Gasteiger partial charge < -0.3 is 5.32 Å². The first-order chi connectivity index (χ1) is 10.0. The second-order valence-corrected chi connectivity index (χ2v) is 7.43. The van der Waals surface area contributed by atoms with Gasteiger partial charge in [0, 0.05) is 42.7 Å². The summed E-state index contributed by atoms with van der Waals surface area (Å²) in [5.41, 5.74) is 1.85. The lowest BCUT2D eigenvalue weighted by Gasteiger charge is -2.34. The molecule has 1 heterocycles. The van der Waals surface area contributed by atoms with Gasteiger partial charge in [0.2, 0.25) is 0 Å². The highest BCUT2D eigenvalue weighted by Gasteiger charge is 2.24. The highest BCUT2D eigenvalue weighted by Crippen LogP contribution is 2.31. The summed E-state index contributed by atoms with van der Waals surface area (Å²) in [7, 11) is 0. The molecule has 0 aromatic heterocycles. The minimum atomic E-state index is -0.307. The van der Waals surface area contributed by atoms with Crippen LogP contribution in [0.15, 0.2) is 18.2 Å². The minimum absolute atomic E-state index is 0.168. The molecule has 2 atom stereocenters. The predicted octanol–water partition coefficient (Wildman–Crippen LogP) is 3.35. The first-order valence-corrected chi connectivity index (χ1v) is 8.33. The summed E-state index contributed by atoms with van der Waals surface area (Å²) in [6, 6.07) is 5.33. The van der Waals surface area contributed by atoms with Crippen LogP contribution in [0.4, 0.5) is 11.4 Å². The number of para-hydroxylation sites is 1. The number of hydrogen-bond acceptors (Lipinski definition) is 5. The fourth-order valence-corrected chi connectivity index (χ4v) is 4.29. The van der Waals surface area contributed by atoms with Crippen LogP contribution in [0.5, 0.6) is 0 Å². The van der Waals surface area contributed by atoms with Crippen LogP contribution in [0.2, 0.25) is 0 Å². The number of nitro benzene ring substituents is 1. The number of benzene rings is 1. The lowest BCUT2D eigenvalue weighted by molar-refractivity contribution is -0.384. The molecule has 2 rings (SSSR count). The van der Waals surface area contributed by atoms with Crippen LogP contribution in [0, 0.1) is 10.1 Å².